The highest BCUT2D eigenvalue weighted by molar-refractivity contribution is 5.33. The zero-order chi connectivity index (χ0) is 14.4. The fourth-order valence-electron chi connectivity index (χ4n) is 3.19. The normalized spacial score (nSPS) is 17.6. The molecule has 0 heterocycles. The summed E-state index contributed by atoms with van der Waals surface area (Å²) in [6.45, 7) is 4.69. The van der Waals surface area contributed by atoms with Crippen LogP contribution in [0.2, 0.25) is 0 Å². The highest BCUT2D eigenvalue weighted by Crippen LogP contribution is 2.33. The number of hydrogen-bond acceptors (Lipinski definition) is 3. The summed E-state index contributed by atoms with van der Waals surface area (Å²) in [7, 11) is 4.42. The summed E-state index contributed by atoms with van der Waals surface area (Å²) in [5.41, 5.74) is 1.60. The zero-order valence-electron chi connectivity index (χ0n) is 13.1. The third kappa shape index (κ3) is 3.53. The van der Waals surface area contributed by atoms with Crippen LogP contribution in [0.25, 0.3) is 0 Å². The maximum atomic E-state index is 5.68. The average Bonchev–Trinajstić information content (AvgIpc) is 2.91. The lowest BCUT2D eigenvalue weighted by atomic mass is 9.96. The lowest BCUT2D eigenvalue weighted by Crippen LogP contribution is -2.49. The first-order valence-corrected chi connectivity index (χ1v) is 7.77. The predicted molar refractivity (Wildman–Crippen MR) is 84.2 cm³/mol. The van der Waals surface area contributed by atoms with E-state index in [0.29, 0.717) is 5.54 Å². The zero-order valence-corrected chi connectivity index (χ0v) is 13.1. The van der Waals surface area contributed by atoms with Crippen molar-refractivity contribution in [3.05, 3.63) is 29.8 Å². The van der Waals surface area contributed by atoms with E-state index in [1.54, 1.807) is 0 Å². The molecule has 0 aliphatic heterocycles. The number of rotatable bonds is 7. The van der Waals surface area contributed by atoms with Gasteiger partial charge in [-0.1, -0.05) is 31.0 Å². The molecule has 0 amide bonds. The Labute approximate surface area is 123 Å². The van der Waals surface area contributed by atoms with Gasteiger partial charge in [0.05, 0.1) is 6.61 Å². The number of nitrogens with zero attached hydrogens (tertiary/aromatic N) is 1. The van der Waals surface area contributed by atoms with Crippen molar-refractivity contribution in [2.75, 3.05) is 27.2 Å². The van der Waals surface area contributed by atoms with E-state index in [-0.39, 0.29) is 0 Å². The summed E-state index contributed by atoms with van der Waals surface area (Å²) in [4.78, 5) is 2.40. The van der Waals surface area contributed by atoms with E-state index in [1.165, 1.54) is 31.2 Å². The second kappa shape index (κ2) is 7.09. The van der Waals surface area contributed by atoms with Gasteiger partial charge in [-0.15, -0.1) is 0 Å². The van der Waals surface area contributed by atoms with Crippen molar-refractivity contribution < 1.29 is 4.74 Å². The number of likely N-dealkylation sites (N-methyl/N-ethyl adjacent to an activating group) is 1. The van der Waals surface area contributed by atoms with E-state index >= 15 is 0 Å². The van der Waals surface area contributed by atoms with Gasteiger partial charge in [-0.2, -0.15) is 0 Å². The molecule has 1 aliphatic carbocycles. The summed E-state index contributed by atoms with van der Waals surface area (Å²) in [5, 5.41) is 3.64. The number of benzene rings is 1. The fraction of sp³-hybridized carbons (Fsp3) is 0.647. The van der Waals surface area contributed by atoms with Crippen LogP contribution in [-0.2, 0) is 6.54 Å². The van der Waals surface area contributed by atoms with Gasteiger partial charge in [0.1, 0.15) is 5.75 Å². The number of para-hydroxylation sites is 1. The molecule has 1 aliphatic rings. The van der Waals surface area contributed by atoms with Crippen molar-refractivity contribution in [1.29, 1.82) is 0 Å². The Morgan fingerprint density at radius 3 is 2.55 bits per heavy atom. The number of ether oxygens (including phenoxy) is 1. The largest absolute Gasteiger partial charge is 0.494 e. The highest BCUT2D eigenvalue weighted by Gasteiger charge is 2.35. The molecule has 0 aromatic heterocycles. The molecule has 20 heavy (non-hydrogen) atoms. The van der Waals surface area contributed by atoms with Crippen molar-refractivity contribution in [3.63, 3.8) is 0 Å². The molecular weight excluding hydrogens is 248 g/mol. The predicted octanol–water partition coefficient (Wildman–Crippen LogP) is 3.05. The van der Waals surface area contributed by atoms with Crippen molar-refractivity contribution in [2.24, 2.45) is 0 Å². The van der Waals surface area contributed by atoms with E-state index in [2.05, 4.69) is 42.5 Å². The molecule has 0 unspecified atom stereocenters. The topological polar surface area (TPSA) is 24.5 Å². The SMILES string of the molecule is CCOc1ccccc1CNCC1(N(C)C)CCCC1. The third-order valence-corrected chi connectivity index (χ3v) is 4.52. The molecule has 0 atom stereocenters. The monoisotopic (exact) mass is 276 g/mol. The first-order chi connectivity index (χ1) is 9.68. The van der Waals surface area contributed by atoms with Gasteiger partial charge in [-0.3, -0.25) is 0 Å². The second-order valence-electron chi connectivity index (χ2n) is 5.97. The fourth-order valence-corrected chi connectivity index (χ4v) is 3.19. The minimum atomic E-state index is 0.348. The molecule has 0 saturated heterocycles. The van der Waals surface area contributed by atoms with Crippen LogP contribution in [0.1, 0.15) is 38.2 Å². The Morgan fingerprint density at radius 2 is 1.90 bits per heavy atom. The minimum absolute atomic E-state index is 0.348. The van der Waals surface area contributed by atoms with E-state index < -0.39 is 0 Å². The summed E-state index contributed by atoms with van der Waals surface area (Å²) >= 11 is 0. The van der Waals surface area contributed by atoms with Gasteiger partial charge in [0.15, 0.2) is 0 Å². The Morgan fingerprint density at radius 1 is 1.20 bits per heavy atom. The lowest BCUT2D eigenvalue weighted by molar-refractivity contribution is 0.153. The summed E-state index contributed by atoms with van der Waals surface area (Å²) in [6, 6.07) is 8.32. The molecule has 3 nitrogen and oxygen atoms in total. The number of hydrogen-bond donors (Lipinski definition) is 1. The molecule has 1 N–H and O–H groups in total. The van der Waals surface area contributed by atoms with Crippen LogP contribution in [0.4, 0.5) is 0 Å². The van der Waals surface area contributed by atoms with E-state index in [1.807, 2.05) is 13.0 Å². The van der Waals surface area contributed by atoms with Crippen molar-refractivity contribution >= 4 is 0 Å². The molecule has 1 aromatic carbocycles. The van der Waals surface area contributed by atoms with Gasteiger partial charge in [-0.05, 0) is 39.9 Å². The van der Waals surface area contributed by atoms with Crippen LogP contribution in [0.5, 0.6) is 5.75 Å². The standard InChI is InChI=1S/C17H28N2O/c1-4-20-16-10-6-5-9-15(16)13-18-14-17(19(2)3)11-7-8-12-17/h5-6,9-10,18H,4,7-8,11-14H2,1-3H3. The molecule has 0 bridgehead atoms. The van der Waals surface area contributed by atoms with Gasteiger partial charge in [0.2, 0.25) is 0 Å². The molecule has 1 saturated carbocycles. The van der Waals surface area contributed by atoms with Crippen molar-refractivity contribution in [1.82, 2.24) is 10.2 Å². The van der Waals surface area contributed by atoms with Crippen LogP contribution in [-0.4, -0.2) is 37.7 Å². The van der Waals surface area contributed by atoms with E-state index in [9.17, 15) is 0 Å². The van der Waals surface area contributed by atoms with Crippen LogP contribution < -0.4 is 10.1 Å². The van der Waals surface area contributed by atoms with Crippen LogP contribution in [0.15, 0.2) is 24.3 Å². The lowest BCUT2D eigenvalue weighted by Gasteiger charge is -2.36. The Bertz CT molecular complexity index is 411. The highest BCUT2D eigenvalue weighted by atomic mass is 16.5. The molecule has 0 spiro atoms. The van der Waals surface area contributed by atoms with Crippen molar-refractivity contribution in [2.45, 2.75) is 44.7 Å². The van der Waals surface area contributed by atoms with Crippen LogP contribution in [0, 0.1) is 0 Å². The Hall–Kier alpha value is -1.06. The molecule has 1 fully saturated rings. The minimum Gasteiger partial charge on any atom is -0.494 e. The maximum absolute atomic E-state index is 5.68. The smallest absolute Gasteiger partial charge is 0.123 e. The first-order valence-electron chi connectivity index (χ1n) is 7.77. The van der Waals surface area contributed by atoms with Crippen molar-refractivity contribution in [3.8, 4) is 5.75 Å². The van der Waals surface area contributed by atoms with Crippen LogP contribution >= 0.6 is 0 Å². The van der Waals surface area contributed by atoms with E-state index in [4.69, 9.17) is 4.74 Å². The average molecular weight is 276 g/mol. The third-order valence-electron chi connectivity index (χ3n) is 4.52. The molecule has 0 radical (unpaired) electrons. The quantitative estimate of drug-likeness (QED) is 0.828. The summed E-state index contributed by atoms with van der Waals surface area (Å²) in [5.74, 6) is 1.01. The molecule has 3 heteroatoms. The maximum Gasteiger partial charge on any atom is 0.123 e. The van der Waals surface area contributed by atoms with Crippen LogP contribution in [0.3, 0.4) is 0 Å². The van der Waals surface area contributed by atoms with Gasteiger partial charge in [0, 0.05) is 24.2 Å². The van der Waals surface area contributed by atoms with Gasteiger partial charge >= 0.3 is 0 Å². The van der Waals surface area contributed by atoms with Gasteiger partial charge in [0.25, 0.3) is 0 Å². The second-order valence-corrected chi connectivity index (χ2v) is 5.97. The van der Waals surface area contributed by atoms with E-state index in [0.717, 1.165) is 25.4 Å². The van der Waals surface area contributed by atoms with Gasteiger partial charge in [-0.25, -0.2) is 0 Å². The first kappa shape index (κ1) is 15.3. The molecule has 1 aromatic rings. The summed E-state index contributed by atoms with van der Waals surface area (Å²) < 4.78 is 5.68. The Kier molecular flexibility index (Phi) is 5.44. The molecule has 112 valence electrons. The number of nitrogens with one attached hydrogen (secondary N) is 1. The summed E-state index contributed by atoms with van der Waals surface area (Å²) in [6.07, 6.45) is 5.32. The Balaban J connectivity index is 1.92. The molecular formula is C17H28N2O. The van der Waals surface area contributed by atoms with Gasteiger partial charge < -0.3 is 15.0 Å². The molecule has 2 rings (SSSR count).